The molecule has 1 aromatic heterocycles. The van der Waals surface area contributed by atoms with Crippen molar-refractivity contribution < 1.29 is 94.9 Å². The van der Waals surface area contributed by atoms with E-state index in [4.69, 9.17) is 16.3 Å². The average Bonchev–Trinajstić information content (AvgIpc) is 1.59. The molecule has 12 atom stereocenters. The first-order valence-corrected chi connectivity index (χ1v) is 43.3. The topological polar surface area (TPSA) is 405 Å². The molecule has 0 unspecified atom stereocenters. The number of carbonyl (C=O) groups is 15. The lowest BCUT2D eigenvalue weighted by Gasteiger charge is -2.41. The van der Waals surface area contributed by atoms with Gasteiger partial charge >= 0.3 is 6.18 Å². The van der Waals surface area contributed by atoms with Crippen LogP contribution in [0, 0.1) is 41.4 Å². The van der Waals surface area contributed by atoms with Crippen molar-refractivity contribution in [3.8, 4) is 11.4 Å². The molecule has 3 heterocycles. The highest BCUT2D eigenvalue weighted by Gasteiger charge is 2.47. The zero-order valence-electron chi connectivity index (χ0n) is 77.1. The van der Waals surface area contributed by atoms with Gasteiger partial charge in [0.1, 0.15) is 66.2 Å². The number of likely N-dealkylation sites (N-methyl/N-ethyl adjacent to an activating group) is 7. The maximum Gasteiger partial charge on any atom is 0.434 e. The van der Waals surface area contributed by atoms with Gasteiger partial charge in [0.25, 0.3) is 11.8 Å². The summed E-state index contributed by atoms with van der Waals surface area (Å²) in [5.41, 5.74) is -2.25. The van der Waals surface area contributed by atoms with Crippen LogP contribution in [-0.4, -0.2) is 303 Å². The van der Waals surface area contributed by atoms with E-state index < -0.39 is 198 Å². The van der Waals surface area contributed by atoms with Crippen LogP contribution in [0.1, 0.15) is 178 Å². The number of aromatic nitrogens is 2. The molecule has 7 N–H and O–H groups in total. The predicted octanol–water partition coefficient (Wildman–Crippen LogP) is 6.46. The van der Waals surface area contributed by atoms with Crippen molar-refractivity contribution in [3.05, 3.63) is 77.6 Å². The number of ether oxygens (including phenoxy) is 1. The van der Waals surface area contributed by atoms with Gasteiger partial charge in [0.05, 0.1) is 30.1 Å². The predicted molar refractivity (Wildman–Crippen MR) is 468 cm³/mol. The van der Waals surface area contributed by atoms with E-state index in [1.807, 2.05) is 55.4 Å². The van der Waals surface area contributed by atoms with Crippen LogP contribution in [0.3, 0.4) is 0 Å². The Morgan fingerprint density at radius 3 is 1.56 bits per heavy atom. The molecule has 3 aromatic rings. The third kappa shape index (κ3) is 28.6. The second kappa shape index (κ2) is 47.2. The summed E-state index contributed by atoms with van der Waals surface area (Å²) in [6.07, 6.45) is -4.71. The lowest BCUT2D eigenvalue weighted by atomic mass is 9.90. The highest BCUT2D eigenvalue weighted by Crippen LogP contribution is 2.36. The molecule has 0 aliphatic carbocycles. The average molecular weight is 1790 g/mol. The maximum atomic E-state index is 15.6. The lowest BCUT2D eigenvalue weighted by Crippen LogP contribution is -2.63. The molecule has 0 spiro atoms. The Morgan fingerprint density at radius 2 is 1.05 bits per heavy atom. The molecule has 15 amide bonds. The van der Waals surface area contributed by atoms with E-state index in [-0.39, 0.29) is 135 Å². The minimum absolute atomic E-state index is 0.0304. The number of benzene rings is 2. The molecule has 2 saturated heterocycles. The summed E-state index contributed by atoms with van der Waals surface area (Å²) in [5, 5.41) is 32.3. The highest BCUT2D eigenvalue weighted by molar-refractivity contribution is 6.31. The zero-order chi connectivity index (χ0) is 95.3. The van der Waals surface area contributed by atoms with Gasteiger partial charge in [-0.15, -0.1) is 0 Å². The number of nitrogens with one attached hydrogen (secondary N) is 6. The van der Waals surface area contributed by atoms with Crippen LogP contribution < -0.4 is 36.6 Å². The fourth-order valence-corrected chi connectivity index (χ4v) is 15.6. The molecule has 2 aliphatic heterocycles. The molecule has 38 heteroatoms. The van der Waals surface area contributed by atoms with Gasteiger partial charge in [0, 0.05) is 98.3 Å². The van der Waals surface area contributed by atoms with Gasteiger partial charge in [-0.3, -0.25) is 71.9 Å². The molecule has 126 heavy (non-hydrogen) atoms. The van der Waals surface area contributed by atoms with E-state index >= 15 is 19.2 Å². The Bertz CT molecular complexity index is 4360. The van der Waals surface area contributed by atoms with Crippen LogP contribution >= 0.6 is 11.6 Å². The second-order valence-corrected chi connectivity index (χ2v) is 35.9. The summed E-state index contributed by atoms with van der Waals surface area (Å²) < 4.78 is 50.4. The van der Waals surface area contributed by atoms with Crippen LogP contribution in [0.25, 0.3) is 5.69 Å². The number of rotatable bonds is 25. The van der Waals surface area contributed by atoms with Gasteiger partial charge in [-0.05, 0) is 149 Å². The van der Waals surface area contributed by atoms with Crippen LogP contribution in [0.2, 0.25) is 5.02 Å². The number of aliphatic hydroxyl groups is 1. The van der Waals surface area contributed by atoms with E-state index in [0.29, 0.717) is 4.68 Å². The number of alkyl halides is 3. The number of piperazine rings is 1. The number of aliphatic hydroxyl groups excluding tert-OH is 1. The van der Waals surface area contributed by atoms with E-state index in [0.717, 1.165) is 27.0 Å². The molecule has 0 saturated carbocycles. The van der Waals surface area contributed by atoms with Crippen molar-refractivity contribution in [3.63, 3.8) is 0 Å². The van der Waals surface area contributed by atoms with Crippen molar-refractivity contribution in [2.24, 2.45) is 41.4 Å². The van der Waals surface area contributed by atoms with Gasteiger partial charge in [0.15, 0.2) is 12.3 Å². The summed E-state index contributed by atoms with van der Waals surface area (Å²) in [7, 11) is 9.56. The van der Waals surface area contributed by atoms with E-state index in [2.05, 4.69) is 43.6 Å². The molecule has 700 valence electrons. The molecule has 0 bridgehead atoms. The quantitative estimate of drug-likeness (QED) is 0.0447. The molecule has 34 nitrogen and oxygen atoms in total. The summed E-state index contributed by atoms with van der Waals surface area (Å²) in [4.78, 5) is 227. The van der Waals surface area contributed by atoms with E-state index in [1.54, 1.807) is 46.4 Å². The number of anilines is 2. The van der Waals surface area contributed by atoms with Crippen LogP contribution in [0.15, 0.2) is 61.3 Å². The third-order valence-electron chi connectivity index (χ3n) is 22.7. The van der Waals surface area contributed by atoms with Crippen molar-refractivity contribution in [1.82, 2.24) is 75.1 Å². The third-order valence-corrected chi connectivity index (χ3v) is 22.9. The summed E-state index contributed by atoms with van der Waals surface area (Å²) in [6.45, 7) is 30.0. The smallest absolute Gasteiger partial charge is 0.434 e. The van der Waals surface area contributed by atoms with Crippen molar-refractivity contribution >= 4 is 112 Å². The molecule has 2 aromatic carbocycles. The summed E-state index contributed by atoms with van der Waals surface area (Å²) >= 11 is 6.15. The van der Waals surface area contributed by atoms with E-state index in [9.17, 15) is 71.0 Å². The Morgan fingerprint density at radius 1 is 0.571 bits per heavy atom. The SMILES string of the molecule is C=CC(=O)Nc1cc(Cl)cc(NC(=O)c2cnn(-c3ccc(OCC(=O)N4CCN(C(=O)CCC[C@@H](C)[C@@H](O)[C@H]5C(=O)N[C@@H](CC)C(=O)N(C)CC(=O)N(C)[C@@H](CC(C)C)C(=O)N[C@@H](C(C)C)C(=O)N(C)[C@@H](CC(C)C)C(=O)N[C@@H](C)C(=O)N[C@H](C)C(=O)N(C)[C@@H](CC(C)C)C(=O)N(C)[C@@H](CC(C)C)C(=O)N(C)[C@@H](C(C)C)C(=O)N5C)CC4)cc3)c2C(F)(F)F)c1. The highest BCUT2D eigenvalue weighted by atomic mass is 35.5. The lowest BCUT2D eigenvalue weighted by molar-refractivity contribution is -0.157. The van der Waals surface area contributed by atoms with Gasteiger partial charge in [-0.2, -0.15) is 18.3 Å². The zero-order valence-corrected chi connectivity index (χ0v) is 77.9. The van der Waals surface area contributed by atoms with Crippen molar-refractivity contribution in [2.75, 3.05) is 99.3 Å². The van der Waals surface area contributed by atoms with Crippen LogP contribution in [0.4, 0.5) is 24.5 Å². The Hall–Kier alpha value is -10.7. The Balaban J connectivity index is 1.43. The molecular weight excluding hydrogens is 1660 g/mol. The molecule has 5 rings (SSSR count). The van der Waals surface area contributed by atoms with Crippen LogP contribution in [0.5, 0.6) is 5.75 Å². The first-order valence-electron chi connectivity index (χ1n) is 42.9. The Labute approximate surface area is 742 Å². The van der Waals surface area contributed by atoms with Gasteiger partial charge in [0.2, 0.25) is 76.8 Å². The normalized spacial score (nSPS) is 22.6. The molecular formula is C88H133ClF3N17O17. The number of carbonyl (C=O) groups excluding carboxylic acids is 15. The Kier molecular flexibility index (Phi) is 39.6. The molecule has 2 aliphatic rings. The minimum atomic E-state index is -5.09. The fraction of sp³-hybridized carbons (Fsp3) is 0.636. The monoisotopic (exact) mass is 1790 g/mol. The number of hydrogen-bond acceptors (Lipinski definition) is 18. The van der Waals surface area contributed by atoms with Gasteiger partial charge in [-0.25, -0.2) is 4.68 Å². The van der Waals surface area contributed by atoms with Crippen molar-refractivity contribution in [1.29, 1.82) is 0 Å². The first kappa shape index (κ1) is 106. The number of amides is 15. The summed E-state index contributed by atoms with van der Waals surface area (Å²) in [6, 6.07) is -4.35. The van der Waals surface area contributed by atoms with E-state index in [1.165, 1.54) is 130 Å². The van der Waals surface area contributed by atoms with Gasteiger partial charge < -0.3 is 85.8 Å². The molecule has 2 fully saturated rings. The number of hydrogen-bond donors (Lipinski definition) is 7. The maximum absolute atomic E-state index is 15.6. The van der Waals surface area contributed by atoms with Crippen LogP contribution in [-0.2, 0) is 73.3 Å². The number of halogens is 4. The molecule has 0 radical (unpaired) electrons. The van der Waals surface area contributed by atoms with Crippen molar-refractivity contribution in [2.45, 2.75) is 235 Å². The fourth-order valence-electron chi connectivity index (χ4n) is 15.3. The number of nitrogens with zero attached hydrogens (tertiary/aromatic N) is 11. The largest absolute Gasteiger partial charge is 0.484 e. The summed E-state index contributed by atoms with van der Waals surface area (Å²) in [5.74, 6) is -13.8. The first-order chi connectivity index (χ1) is 58.7. The minimum Gasteiger partial charge on any atom is -0.484 e. The second-order valence-electron chi connectivity index (χ2n) is 35.4. The van der Waals surface area contributed by atoms with Gasteiger partial charge in [-0.1, -0.05) is 115 Å². The standard InChI is InChI=1S/C88H133ClF3N17O17/c1-25-63-83(121)100(18)46-70(112)101(19)64(38-48(3)4)80(118)99-72(52(11)12)86(124)102(20)65(39-49(5)6)79(117)94-55(16)77(115)95-56(17)82(120)103(21)66(40-50(7)8)84(122)104(22)67(41-51(9)10)85(123)105(23)73(53(13)14)87(125)106(24)74(81(119)98-63)75(114)54(15)28-27-29-69(111)107-34-36-108(37-35-107)71(113)47-126-61-32-30-60(31-33-61)109-76(88(90,91)92)62(45-93-109)78(116)97-59-43-57(89)42-58(44-59)96-68(110)26-2/h26,30-33,42-45,48-56,63-67,72-75,114H,2,25,27-29,34-41,46-47H2,1,3-24H3,(H,94,117)(H,95,115)(H,96,110)(H,97,116)(H,98,119)(H,99,118)/t54-,55+,56-,63+,64+,65+,66+,67+,72+,73+,74+,75-/m1/s1.